The van der Waals surface area contributed by atoms with Gasteiger partial charge in [0.15, 0.2) is 0 Å². The molecule has 2 amide bonds. The van der Waals surface area contributed by atoms with Gasteiger partial charge in [0.1, 0.15) is 11.4 Å². The third-order valence-corrected chi connectivity index (χ3v) is 6.15. The largest absolute Gasteiger partial charge is 0.497 e. The molecule has 0 atom stereocenters. The van der Waals surface area contributed by atoms with Crippen LogP contribution in [0.25, 0.3) is 11.3 Å². The molecule has 31 heavy (non-hydrogen) atoms. The number of carbonyl (C=O) groups excluding carboxylic acids is 2. The Balaban J connectivity index is 1.22. The van der Waals surface area contributed by atoms with Crippen LogP contribution in [0.1, 0.15) is 20.2 Å². The third-order valence-electron chi connectivity index (χ3n) is 5.29. The van der Waals surface area contributed by atoms with Gasteiger partial charge in [-0.2, -0.15) is 5.10 Å². The molecule has 3 aromatic rings. The molecule has 0 aliphatic carbocycles. The second kappa shape index (κ2) is 9.76. The van der Waals surface area contributed by atoms with E-state index in [1.165, 1.54) is 11.3 Å². The summed E-state index contributed by atoms with van der Waals surface area (Å²) in [6.45, 7) is 4.28. The molecular formula is C22H25N5O3S. The van der Waals surface area contributed by atoms with Crippen molar-refractivity contribution in [1.82, 2.24) is 25.3 Å². The van der Waals surface area contributed by atoms with Crippen molar-refractivity contribution in [2.75, 3.05) is 46.4 Å². The SMILES string of the molecule is COc1cccc(-c2cc(C(=O)NCCN3CCN(C(=O)c4cccs4)CC3)[nH]n2)c1. The maximum Gasteiger partial charge on any atom is 0.269 e. The molecule has 2 N–H and O–H groups in total. The van der Waals surface area contributed by atoms with Crippen molar-refractivity contribution in [1.29, 1.82) is 0 Å². The monoisotopic (exact) mass is 439 g/mol. The molecule has 1 aliphatic heterocycles. The van der Waals surface area contributed by atoms with E-state index in [4.69, 9.17) is 4.74 Å². The summed E-state index contributed by atoms with van der Waals surface area (Å²) in [6.07, 6.45) is 0. The summed E-state index contributed by atoms with van der Waals surface area (Å²) in [4.78, 5) is 29.8. The van der Waals surface area contributed by atoms with Crippen LogP contribution in [0.5, 0.6) is 5.75 Å². The highest BCUT2D eigenvalue weighted by molar-refractivity contribution is 7.12. The van der Waals surface area contributed by atoms with Gasteiger partial charge < -0.3 is 15.0 Å². The molecule has 1 aliphatic rings. The van der Waals surface area contributed by atoms with Gasteiger partial charge >= 0.3 is 0 Å². The average molecular weight is 440 g/mol. The number of hydrogen-bond acceptors (Lipinski definition) is 6. The van der Waals surface area contributed by atoms with Gasteiger partial charge in [-0.05, 0) is 29.6 Å². The average Bonchev–Trinajstić information content (AvgIpc) is 3.52. The number of aromatic amines is 1. The van der Waals surface area contributed by atoms with Crippen LogP contribution in [-0.2, 0) is 0 Å². The highest BCUT2D eigenvalue weighted by Gasteiger charge is 2.22. The van der Waals surface area contributed by atoms with Gasteiger partial charge in [-0.1, -0.05) is 18.2 Å². The molecule has 1 saturated heterocycles. The number of carbonyl (C=O) groups is 2. The second-order valence-corrected chi connectivity index (χ2v) is 8.21. The molecule has 0 radical (unpaired) electrons. The van der Waals surface area contributed by atoms with Crippen LogP contribution in [0.2, 0.25) is 0 Å². The molecule has 0 spiro atoms. The lowest BCUT2D eigenvalue weighted by Gasteiger charge is -2.34. The Hall–Kier alpha value is -3.17. The lowest BCUT2D eigenvalue weighted by atomic mass is 10.1. The van der Waals surface area contributed by atoms with Gasteiger partial charge in [-0.25, -0.2) is 0 Å². The quantitative estimate of drug-likeness (QED) is 0.590. The van der Waals surface area contributed by atoms with Crippen LogP contribution < -0.4 is 10.1 Å². The first-order chi connectivity index (χ1) is 15.1. The number of nitrogens with one attached hydrogen (secondary N) is 2. The minimum absolute atomic E-state index is 0.106. The maximum atomic E-state index is 12.4. The molecule has 3 heterocycles. The predicted molar refractivity (Wildman–Crippen MR) is 120 cm³/mol. The van der Waals surface area contributed by atoms with E-state index in [-0.39, 0.29) is 11.8 Å². The summed E-state index contributed by atoms with van der Waals surface area (Å²) in [5.74, 6) is 0.658. The van der Waals surface area contributed by atoms with Crippen LogP contribution in [0.4, 0.5) is 0 Å². The minimum atomic E-state index is -0.187. The first kappa shape index (κ1) is 21.1. The minimum Gasteiger partial charge on any atom is -0.497 e. The fourth-order valence-electron chi connectivity index (χ4n) is 3.52. The predicted octanol–water partition coefficient (Wildman–Crippen LogP) is 2.33. The zero-order chi connectivity index (χ0) is 21.6. The van der Waals surface area contributed by atoms with Crippen LogP contribution in [0, 0.1) is 0 Å². The number of methoxy groups -OCH3 is 1. The molecule has 0 saturated carbocycles. The highest BCUT2D eigenvalue weighted by Crippen LogP contribution is 2.22. The molecule has 4 rings (SSSR count). The van der Waals surface area contributed by atoms with Crippen molar-refractivity contribution in [2.24, 2.45) is 0 Å². The molecule has 1 aromatic carbocycles. The van der Waals surface area contributed by atoms with E-state index in [1.807, 2.05) is 46.7 Å². The van der Waals surface area contributed by atoms with Crippen molar-refractivity contribution in [3.63, 3.8) is 0 Å². The van der Waals surface area contributed by atoms with E-state index < -0.39 is 0 Å². The Morgan fingerprint density at radius 2 is 2.00 bits per heavy atom. The van der Waals surface area contributed by atoms with E-state index in [1.54, 1.807) is 13.2 Å². The van der Waals surface area contributed by atoms with Crippen LogP contribution in [0.15, 0.2) is 47.8 Å². The van der Waals surface area contributed by atoms with Crippen molar-refractivity contribution in [3.8, 4) is 17.0 Å². The Labute approximate surface area is 184 Å². The Kier molecular flexibility index (Phi) is 6.63. The molecular weight excluding hydrogens is 414 g/mol. The molecule has 9 heteroatoms. The van der Waals surface area contributed by atoms with Crippen molar-refractivity contribution >= 4 is 23.2 Å². The highest BCUT2D eigenvalue weighted by atomic mass is 32.1. The number of benzene rings is 1. The number of amides is 2. The number of nitrogens with zero attached hydrogens (tertiary/aromatic N) is 3. The van der Waals surface area contributed by atoms with E-state index in [2.05, 4.69) is 20.4 Å². The van der Waals surface area contributed by atoms with E-state index >= 15 is 0 Å². The Bertz CT molecular complexity index is 1030. The fraction of sp³-hybridized carbons (Fsp3) is 0.318. The number of aromatic nitrogens is 2. The summed E-state index contributed by atoms with van der Waals surface area (Å²) in [5, 5.41) is 11.9. The van der Waals surface area contributed by atoms with Gasteiger partial charge in [0.05, 0.1) is 17.7 Å². The van der Waals surface area contributed by atoms with E-state index in [0.717, 1.165) is 35.8 Å². The lowest BCUT2D eigenvalue weighted by molar-refractivity contribution is 0.0642. The Morgan fingerprint density at radius 3 is 2.74 bits per heavy atom. The van der Waals surface area contributed by atoms with Crippen LogP contribution >= 0.6 is 11.3 Å². The molecule has 1 fully saturated rings. The number of H-pyrrole nitrogens is 1. The first-order valence-electron chi connectivity index (χ1n) is 10.2. The van der Waals surface area contributed by atoms with Crippen molar-refractivity contribution < 1.29 is 14.3 Å². The van der Waals surface area contributed by atoms with Gasteiger partial charge in [0.2, 0.25) is 0 Å². The number of ether oxygens (including phenoxy) is 1. The summed E-state index contributed by atoms with van der Waals surface area (Å²) in [6, 6.07) is 13.0. The van der Waals surface area contributed by atoms with Gasteiger partial charge in [-0.15, -0.1) is 11.3 Å². The summed E-state index contributed by atoms with van der Waals surface area (Å²) >= 11 is 1.48. The normalized spacial score (nSPS) is 14.4. The summed E-state index contributed by atoms with van der Waals surface area (Å²) in [5.41, 5.74) is 1.99. The summed E-state index contributed by atoms with van der Waals surface area (Å²) in [7, 11) is 1.62. The first-order valence-corrected chi connectivity index (χ1v) is 11.0. The zero-order valence-electron chi connectivity index (χ0n) is 17.3. The van der Waals surface area contributed by atoms with Crippen molar-refractivity contribution in [2.45, 2.75) is 0 Å². The zero-order valence-corrected chi connectivity index (χ0v) is 18.2. The maximum absolute atomic E-state index is 12.4. The van der Waals surface area contributed by atoms with E-state index in [0.29, 0.717) is 31.0 Å². The molecule has 0 unspecified atom stereocenters. The van der Waals surface area contributed by atoms with Crippen LogP contribution in [-0.4, -0.2) is 78.2 Å². The smallest absolute Gasteiger partial charge is 0.269 e. The topological polar surface area (TPSA) is 90.6 Å². The number of thiophene rings is 1. The molecule has 0 bridgehead atoms. The second-order valence-electron chi connectivity index (χ2n) is 7.27. The van der Waals surface area contributed by atoms with Crippen molar-refractivity contribution in [3.05, 3.63) is 58.4 Å². The Morgan fingerprint density at radius 1 is 1.16 bits per heavy atom. The third kappa shape index (κ3) is 5.12. The van der Waals surface area contributed by atoms with Gasteiger partial charge in [0.25, 0.3) is 11.8 Å². The number of piperazine rings is 1. The number of rotatable bonds is 7. The lowest BCUT2D eigenvalue weighted by Crippen LogP contribution is -2.50. The number of hydrogen-bond donors (Lipinski definition) is 2. The van der Waals surface area contributed by atoms with Gasteiger partial charge in [0, 0.05) is 44.8 Å². The van der Waals surface area contributed by atoms with E-state index in [9.17, 15) is 9.59 Å². The van der Waals surface area contributed by atoms with Crippen LogP contribution in [0.3, 0.4) is 0 Å². The van der Waals surface area contributed by atoms with Gasteiger partial charge in [-0.3, -0.25) is 19.6 Å². The standard InChI is InChI=1S/C22H25N5O3S/c1-30-17-5-2-4-16(14-17)18-15-19(25-24-18)21(28)23-7-8-26-9-11-27(12-10-26)22(29)20-6-3-13-31-20/h2-6,13-15H,7-12H2,1H3,(H,23,28)(H,24,25). The summed E-state index contributed by atoms with van der Waals surface area (Å²) < 4.78 is 5.24. The molecule has 2 aromatic heterocycles. The fourth-order valence-corrected chi connectivity index (χ4v) is 4.21. The molecule has 8 nitrogen and oxygen atoms in total. The molecule has 162 valence electrons.